The van der Waals surface area contributed by atoms with E-state index in [4.69, 9.17) is 5.73 Å². The Hall–Kier alpha value is -1.52. The van der Waals surface area contributed by atoms with Crippen molar-refractivity contribution in [2.24, 2.45) is 0 Å². The highest BCUT2D eigenvalue weighted by atomic mass is 16.5. The van der Waals surface area contributed by atoms with E-state index in [9.17, 15) is 10.0 Å². The molecular formula is C4H5N3O2. The van der Waals surface area contributed by atoms with Crippen molar-refractivity contribution in [3.63, 3.8) is 0 Å². The molecule has 9 heavy (non-hydrogen) atoms. The standard InChI is InChI=1S/C4H5N3O2/c5-3-1-2-6-4(8)7(3)9/h1-2H,5H2,(H,6,8). The van der Waals surface area contributed by atoms with Crippen LogP contribution in [0.2, 0.25) is 0 Å². The molecule has 0 unspecified atom stereocenters. The van der Waals surface area contributed by atoms with Gasteiger partial charge >= 0.3 is 5.69 Å². The van der Waals surface area contributed by atoms with E-state index < -0.39 is 5.69 Å². The van der Waals surface area contributed by atoms with Crippen molar-refractivity contribution < 1.29 is 4.73 Å². The zero-order chi connectivity index (χ0) is 6.85. The second kappa shape index (κ2) is 1.77. The highest BCUT2D eigenvalue weighted by Crippen LogP contribution is 1.80. The lowest BCUT2D eigenvalue weighted by molar-refractivity contribution is -0.609. The number of nitrogen functional groups attached to an aromatic ring is 1. The molecule has 0 saturated carbocycles. The van der Waals surface area contributed by atoms with E-state index in [0.717, 1.165) is 0 Å². The second-order valence-electron chi connectivity index (χ2n) is 1.50. The van der Waals surface area contributed by atoms with Gasteiger partial charge in [-0.15, -0.1) is 0 Å². The van der Waals surface area contributed by atoms with E-state index in [-0.39, 0.29) is 10.5 Å². The van der Waals surface area contributed by atoms with Crippen molar-refractivity contribution >= 4 is 5.82 Å². The number of hydrogen-bond acceptors (Lipinski definition) is 3. The summed E-state index contributed by atoms with van der Waals surface area (Å²) in [5, 5.41) is 10.4. The molecule has 0 aromatic carbocycles. The van der Waals surface area contributed by atoms with Crippen molar-refractivity contribution in [2.45, 2.75) is 0 Å². The van der Waals surface area contributed by atoms with E-state index in [1.165, 1.54) is 12.3 Å². The molecule has 48 valence electrons. The summed E-state index contributed by atoms with van der Waals surface area (Å²) in [6.07, 6.45) is 1.31. The quantitative estimate of drug-likeness (QED) is 0.331. The van der Waals surface area contributed by atoms with Crippen molar-refractivity contribution in [3.05, 3.63) is 28.0 Å². The SMILES string of the molecule is Nc1cc[nH]c(=O)[n+]1[O-]. The summed E-state index contributed by atoms with van der Waals surface area (Å²) < 4.78 is 0.0833. The van der Waals surface area contributed by atoms with Gasteiger partial charge in [0.25, 0.3) is 0 Å². The lowest BCUT2D eigenvalue weighted by Crippen LogP contribution is -2.48. The maximum atomic E-state index is 10.4. The lowest BCUT2D eigenvalue weighted by Gasteiger charge is -2.00. The van der Waals surface area contributed by atoms with E-state index in [0.29, 0.717) is 0 Å². The normalized spacial score (nSPS) is 9.33. The van der Waals surface area contributed by atoms with Crippen LogP contribution >= 0.6 is 0 Å². The fourth-order valence-electron chi connectivity index (χ4n) is 0.442. The van der Waals surface area contributed by atoms with Gasteiger partial charge in [-0.3, -0.25) is 0 Å². The number of anilines is 1. The molecule has 0 aliphatic carbocycles. The molecule has 0 radical (unpaired) electrons. The zero-order valence-electron chi connectivity index (χ0n) is 4.50. The van der Waals surface area contributed by atoms with Gasteiger partial charge in [0, 0.05) is 6.07 Å². The maximum Gasteiger partial charge on any atom is 0.441 e. The summed E-state index contributed by atoms with van der Waals surface area (Å²) in [4.78, 5) is 12.5. The molecule has 0 fully saturated rings. The molecule has 3 N–H and O–H groups in total. The summed E-state index contributed by atoms with van der Waals surface area (Å²) in [5.41, 5.74) is 4.30. The van der Waals surface area contributed by atoms with Gasteiger partial charge in [0.05, 0.1) is 6.20 Å². The second-order valence-corrected chi connectivity index (χ2v) is 1.50. The first-order valence-corrected chi connectivity index (χ1v) is 2.28. The van der Waals surface area contributed by atoms with Gasteiger partial charge in [-0.1, -0.05) is 0 Å². The number of nitrogens with one attached hydrogen (secondary N) is 1. The average molecular weight is 127 g/mol. The van der Waals surface area contributed by atoms with Crippen LogP contribution in [-0.2, 0) is 0 Å². The number of rotatable bonds is 0. The fourth-order valence-corrected chi connectivity index (χ4v) is 0.442. The van der Waals surface area contributed by atoms with Crippen LogP contribution in [-0.4, -0.2) is 4.98 Å². The summed E-state index contributed by atoms with van der Waals surface area (Å²) >= 11 is 0. The fraction of sp³-hybridized carbons (Fsp3) is 0. The van der Waals surface area contributed by atoms with E-state index in [1.54, 1.807) is 0 Å². The van der Waals surface area contributed by atoms with E-state index >= 15 is 0 Å². The average Bonchev–Trinajstić information content (AvgIpc) is 1.83. The van der Waals surface area contributed by atoms with Crippen LogP contribution in [0.5, 0.6) is 0 Å². The Morgan fingerprint density at radius 2 is 2.44 bits per heavy atom. The molecule has 1 rings (SSSR count). The smallest absolute Gasteiger partial charge is 0.441 e. The summed E-state index contributed by atoms with van der Waals surface area (Å²) in [6, 6.07) is 1.31. The number of hydrogen-bond donors (Lipinski definition) is 2. The highest BCUT2D eigenvalue weighted by molar-refractivity contribution is 5.16. The zero-order valence-corrected chi connectivity index (χ0v) is 4.50. The molecule has 0 amide bonds. The molecule has 1 aromatic heterocycles. The first kappa shape index (κ1) is 5.61. The first-order valence-electron chi connectivity index (χ1n) is 2.28. The minimum atomic E-state index is -0.755. The minimum absolute atomic E-state index is 0.0833. The molecule has 1 aromatic rings. The van der Waals surface area contributed by atoms with Crippen molar-refractivity contribution in [2.75, 3.05) is 5.73 Å². The molecule has 0 aliphatic heterocycles. The lowest BCUT2D eigenvalue weighted by atomic mass is 10.6. The Balaban J connectivity index is 3.43. The molecule has 0 saturated heterocycles. The van der Waals surface area contributed by atoms with Crippen LogP contribution in [0.4, 0.5) is 5.82 Å². The van der Waals surface area contributed by atoms with Crippen LogP contribution in [0, 0.1) is 5.21 Å². The summed E-state index contributed by atoms with van der Waals surface area (Å²) in [6.45, 7) is 0. The third kappa shape index (κ3) is 0.835. The summed E-state index contributed by atoms with van der Waals surface area (Å²) in [5.74, 6) is -0.0984. The molecule has 0 spiro atoms. The molecule has 1 heterocycles. The van der Waals surface area contributed by atoms with Gasteiger partial charge < -0.3 is 10.9 Å². The van der Waals surface area contributed by atoms with Crippen LogP contribution in [0.3, 0.4) is 0 Å². The summed E-state index contributed by atoms with van der Waals surface area (Å²) in [7, 11) is 0. The number of nitrogens with zero attached hydrogens (tertiary/aromatic N) is 1. The van der Waals surface area contributed by atoms with Gasteiger partial charge in [0.1, 0.15) is 0 Å². The van der Waals surface area contributed by atoms with Gasteiger partial charge in [0.2, 0.25) is 5.82 Å². The van der Waals surface area contributed by atoms with Gasteiger partial charge in [0.15, 0.2) is 0 Å². The first-order chi connectivity index (χ1) is 4.22. The number of aromatic amines is 1. The number of H-pyrrole nitrogens is 1. The Morgan fingerprint density at radius 3 is 2.89 bits per heavy atom. The Labute approximate surface area is 50.3 Å². The van der Waals surface area contributed by atoms with Gasteiger partial charge in [-0.05, 0) is 0 Å². The van der Waals surface area contributed by atoms with Crippen LogP contribution < -0.4 is 16.2 Å². The van der Waals surface area contributed by atoms with Gasteiger partial charge in [-0.2, -0.15) is 0 Å². The van der Waals surface area contributed by atoms with E-state index in [2.05, 4.69) is 4.98 Å². The van der Waals surface area contributed by atoms with Crippen molar-refractivity contribution in [3.8, 4) is 0 Å². The predicted molar refractivity (Wildman–Crippen MR) is 30.4 cm³/mol. The number of aromatic nitrogens is 2. The van der Waals surface area contributed by atoms with Crippen LogP contribution in [0.1, 0.15) is 0 Å². The minimum Gasteiger partial charge on any atom is -0.738 e. The third-order valence-electron chi connectivity index (χ3n) is 0.880. The van der Waals surface area contributed by atoms with Crippen molar-refractivity contribution in [1.29, 1.82) is 0 Å². The monoisotopic (exact) mass is 127 g/mol. The number of nitrogens with two attached hydrogens (primary N) is 1. The maximum absolute atomic E-state index is 10.4. The van der Waals surface area contributed by atoms with Gasteiger partial charge in [-0.25, -0.2) is 14.5 Å². The molecule has 5 nitrogen and oxygen atoms in total. The van der Waals surface area contributed by atoms with Crippen LogP contribution in [0.15, 0.2) is 17.1 Å². The van der Waals surface area contributed by atoms with E-state index in [1.807, 2.05) is 0 Å². The highest BCUT2D eigenvalue weighted by Gasteiger charge is 1.94. The topological polar surface area (TPSA) is 85.8 Å². The Bertz CT molecular complexity index is 267. The molecule has 5 heteroatoms. The Morgan fingerprint density at radius 1 is 1.78 bits per heavy atom. The Kier molecular flexibility index (Phi) is 1.11. The predicted octanol–water partition coefficient (Wildman–Crippen LogP) is -1.41. The molecular weight excluding hydrogens is 122 g/mol. The molecule has 0 bridgehead atoms. The molecule has 0 aliphatic rings. The van der Waals surface area contributed by atoms with Crippen LogP contribution in [0.25, 0.3) is 0 Å². The third-order valence-corrected chi connectivity index (χ3v) is 0.880. The van der Waals surface area contributed by atoms with Crippen molar-refractivity contribution in [1.82, 2.24) is 4.98 Å². The largest absolute Gasteiger partial charge is 0.738 e. The molecule has 0 atom stereocenters.